The maximum absolute atomic E-state index is 9.94. The van der Waals surface area contributed by atoms with E-state index in [1.54, 1.807) is 7.11 Å². The van der Waals surface area contributed by atoms with E-state index in [0.29, 0.717) is 11.7 Å². The molecule has 0 amide bonds. The van der Waals surface area contributed by atoms with E-state index in [4.69, 9.17) is 9.72 Å². The van der Waals surface area contributed by atoms with Gasteiger partial charge in [-0.3, -0.25) is 0 Å². The van der Waals surface area contributed by atoms with Crippen molar-refractivity contribution in [2.45, 2.75) is 26.7 Å². The SMILES string of the molecule is COc1ccc2c(c1)-c1nc(Nc3cc(C)c(O)c(C)c3)ncc1CC2.Cl. The zero-order chi connectivity index (χ0) is 18.3. The predicted octanol–water partition coefficient (Wildman–Crippen LogP) is 4.74. The lowest BCUT2D eigenvalue weighted by molar-refractivity contribution is 0.415. The third-order valence-electron chi connectivity index (χ3n) is 4.85. The van der Waals surface area contributed by atoms with Gasteiger partial charge in [-0.05, 0) is 73.2 Å². The van der Waals surface area contributed by atoms with E-state index in [2.05, 4.69) is 16.4 Å². The van der Waals surface area contributed by atoms with Crippen molar-refractivity contribution in [1.82, 2.24) is 9.97 Å². The predicted molar refractivity (Wildman–Crippen MR) is 110 cm³/mol. The topological polar surface area (TPSA) is 67.3 Å². The van der Waals surface area contributed by atoms with Gasteiger partial charge in [0.2, 0.25) is 5.95 Å². The van der Waals surface area contributed by atoms with Crippen molar-refractivity contribution < 1.29 is 9.84 Å². The van der Waals surface area contributed by atoms with Gasteiger partial charge in [-0.2, -0.15) is 0 Å². The fourth-order valence-corrected chi connectivity index (χ4v) is 3.43. The first kappa shape index (κ1) is 19.0. The first-order chi connectivity index (χ1) is 12.5. The van der Waals surface area contributed by atoms with Crippen LogP contribution < -0.4 is 10.1 Å². The van der Waals surface area contributed by atoms with Crippen molar-refractivity contribution in [3.05, 3.63) is 58.8 Å². The highest BCUT2D eigenvalue weighted by molar-refractivity contribution is 5.85. The van der Waals surface area contributed by atoms with Gasteiger partial charge in [-0.1, -0.05) is 6.07 Å². The van der Waals surface area contributed by atoms with Crippen LogP contribution in [0.2, 0.25) is 0 Å². The van der Waals surface area contributed by atoms with Gasteiger partial charge < -0.3 is 15.2 Å². The highest BCUT2D eigenvalue weighted by atomic mass is 35.5. The smallest absolute Gasteiger partial charge is 0.227 e. The number of rotatable bonds is 3. The number of nitrogens with zero attached hydrogens (tertiary/aromatic N) is 2. The average molecular weight is 384 g/mol. The number of phenols is 1. The number of fused-ring (bicyclic) bond motifs is 3. The Bertz CT molecular complexity index is 982. The van der Waals surface area contributed by atoms with Crippen molar-refractivity contribution in [3.63, 3.8) is 0 Å². The second-order valence-corrected chi connectivity index (χ2v) is 6.67. The van der Waals surface area contributed by atoms with Crippen LogP contribution in [0.5, 0.6) is 11.5 Å². The molecule has 1 aliphatic carbocycles. The van der Waals surface area contributed by atoms with E-state index < -0.39 is 0 Å². The summed E-state index contributed by atoms with van der Waals surface area (Å²) in [7, 11) is 1.67. The Balaban J connectivity index is 0.00000210. The summed E-state index contributed by atoms with van der Waals surface area (Å²) < 4.78 is 5.38. The first-order valence-electron chi connectivity index (χ1n) is 8.65. The number of halogens is 1. The summed E-state index contributed by atoms with van der Waals surface area (Å²) in [4.78, 5) is 9.24. The Morgan fingerprint density at radius 3 is 2.44 bits per heavy atom. The number of ether oxygens (including phenoxy) is 1. The molecule has 1 heterocycles. The normalized spacial score (nSPS) is 11.8. The van der Waals surface area contributed by atoms with Crippen molar-refractivity contribution in [1.29, 1.82) is 0 Å². The number of methoxy groups -OCH3 is 1. The fourth-order valence-electron chi connectivity index (χ4n) is 3.43. The number of benzene rings is 2. The molecule has 0 atom stereocenters. The molecule has 0 saturated heterocycles. The van der Waals surface area contributed by atoms with Gasteiger partial charge in [0.25, 0.3) is 0 Å². The third kappa shape index (κ3) is 3.55. The monoisotopic (exact) mass is 383 g/mol. The van der Waals surface area contributed by atoms with Crippen LogP contribution in [-0.2, 0) is 12.8 Å². The Morgan fingerprint density at radius 2 is 1.74 bits per heavy atom. The summed E-state index contributed by atoms with van der Waals surface area (Å²) >= 11 is 0. The van der Waals surface area contributed by atoms with Gasteiger partial charge in [0.05, 0.1) is 12.8 Å². The molecule has 0 aliphatic heterocycles. The molecule has 0 radical (unpaired) electrons. The molecule has 4 rings (SSSR count). The number of phenolic OH excluding ortho intramolecular Hbond substituents is 1. The summed E-state index contributed by atoms with van der Waals surface area (Å²) in [5.74, 6) is 1.70. The Hall–Kier alpha value is -2.79. The van der Waals surface area contributed by atoms with E-state index in [0.717, 1.165) is 52.2 Å². The third-order valence-corrected chi connectivity index (χ3v) is 4.85. The minimum absolute atomic E-state index is 0. The molecule has 27 heavy (non-hydrogen) atoms. The molecule has 0 bridgehead atoms. The van der Waals surface area contributed by atoms with Gasteiger partial charge in [0.1, 0.15) is 11.5 Å². The molecule has 5 nitrogen and oxygen atoms in total. The largest absolute Gasteiger partial charge is 0.507 e. The second kappa shape index (κ2) is 7.45. The van der Waals surface area contributed by atoms with Crippen LogP contribution in [-0.4, -0.2) is 22.2 Å². The number of hydrogen-bond acceptors (Lipinski definition) is 5. The molecular weight excluding hydrogens is 362 g/mol. The van der Waals surface area contributed by atoms with Gasteiger partial charge in [0.15, 0.2) is 0 Å². The van der Waals surface area contributed by atoms with Gasteiger partial charge in [-0.25, -0.2) is 9.97 Å². The average Bonchev–Trinajstić information content (AvgIpc) is 2.65. The molecule has 0 spiro atoms. The summed E-state index contributed by atoms with van der Waals surface area (Å²) in [6.07, 6.45) is 3.82. The van der Waals surface area contributed by atoms with Crippen molar-refractivity contribution in [2.24, 2.45) is 0 Å². The second-order valence-electron chi connectivity index (χ2n) is 6.67. The molecule has 6 heteroatoms. The summed E-state index contributed by atoms with van der Waals surface area (Å²) in [5.41, 5.74) is 6.98. The number of anilines is 2. The minimum atomic E-state index is 0. The standard InChI is InChI=1S/C21H21N3O2.ClH/c1-12-8-16(9-13(2)20(12)25)23-21-22-11-15-5-4-14-6-7-17(26-3)10-18(14)19(15)24-21;/h6-11,25H,4-5H2,1-3H3,(H,22,23,24);1H. The molecule has 0 saturated carbocycles. The lowest BCUT2D eigenvalue weighted by Gasteiger charge is -2.20. The molecule has 1 aliphatic rings. The number of hydrogen-bond donors (Lipinski definition) is 2. The molecule has 140 valence electrons. The quantitative estimate of drug-likeness (QED) is 0.639. The highest BCUT2D eigenvalue weighted by Crippen LogP contribution is 2.35. The summed E-state index contributed by atoms with van der Waals surface area (Å²) in [6.45, 7) is 3.76. The molecular formula is C21H22ClN3O2. The van der Waals surface area contributed by atoms with Crippen LogP contribution in [0.4, 0.5) is 11.6 Å². The maximum atomic E-state index is 9.94. The number of aryl methyl sites for hydroxylation is 4. The highest BCUT2D eigenvalue weighted by Gasteiger charge is 2.19. The first-order valence-corrected chi connectivity index (χ1v) is 8.65. The van der Waals surface area contributed by atoms with Crippen LogP contribution in [0.25, 0.3) is 11.3 Å². The van der Waals surface area contributed by atoms with Crippen LogP contribution in [0.3, 0.4) is 0 Å². The number of nitrogens with one attached hydrogen (secondary N) is 1. The Labute approximate surface area is 164 Å². The van der Waals surface area contributed by atoms with Crippen LogP contribution in [0.1, 0.15) is 22.3 Å². The van der Waals surface area contributed by atoms with E-state index in [1.807, 2.05) is 44.3 Å². The van der Waals surface area contributed by atoms with Gasteiger partial charge >= 0.3 is 0 Å². The molecule has 3 aromatic rings. The number of aromatic nitrogens is 2. The summed E-state index contributed by atoms with van der Waals surface area (Å²) in [5, 5.41) is 13.2. The molecule has 0 fully saturated rings. The van der Waals surface area contributed by atoms with Crippen LogP contribution in [0.15, 0.2) is 36.5 Å². The molecule has 2 aromatic carbocycles. The maximum Gasteiger partial charge on any atom is 0.227 e. The number of aromatic hydroxyl groups is 1. The van der Waals surface area contributed by atoms with Gasteiger partial charge in [-0.15, -0.1) is 12.4 Å². The fraction of sp³-hybridized carbons (Fsp3) is 0.238. The molecule has 2 N–H and O–H groups in total. The minimum Gasteiger partial charge on any atom is -0.507 e. The lowest BCUT2D eigenvalue weighted by atomic mass is 9.90. The zero-order valence-corrected chi connectivity index (χ0v) is 16.4. The van der Waals surface area contributed by atoms with E-state index in [9.17, 15) is 5.11 Å². The van der Waals surface area contributed by atoms with Crippen molar-refractivity contribution in [3.8, 4) is 22.8 Å². The zero-order valence-electron chi connectivity index (χ0n) is 15.5. The van der Waals surface area contributed by atoms with Crippen LogP contribution >= 0.6 is 12.4 Å². The molecule has 0 unspecified atom stereocenters. The van der Waals surface area contributed by atoms with E-state index in [1.165, 1.54) is 5.56 Å². The summed E-state index contributed by atoms with van der Waals surface area (Å²) in [6, 6.07) is 9.92. The van der Waals surface area contributed by atoms with Crippen LogP contribution in [0, 0.1) is 13.8 Å². The van der Waals surface area contributed by atoms with E-state index in [-0.39, 0.29) is 12.4 Å². The van der Waals surface area contributed by atoms with E-state index >= 15 is 0 Å². The molecule has 1 aromatic heterocycles. The van der Waals surface area contributed by atoms with Gasteiger partial charge in [0, 0.05) is 17.4 Å². The Morgan fingerprint density at radius 1 is 1.04 bits per heavy atom. The lowest BCUT2D eigenvalue weighted by Crippen LogP contribution is -2.09. The van der Waals surface area contributed by atoms with Crippen molar-refractivity contribution >= 4 is 24.0 Å². The Kier molecular flexibility index (Phi) is 5.24. The van der Waals surface area contributed by atoms with Crippen molar-refractivity contribution in [2.75, 3.05) is 12.4 Å².